The van der Waals surface area contributed by atoms with Gasteiger partial charge in [0.15, 0.2) is 0 Å². The number of benzene rings is 2. The van der Waals surface area contributed by atoms with Crippen molar-refractivity contribution in [3.05, 3.63) is 82.9 Å². The number of fused-ring (bicyclic) bond motifs is 1. The third kappa shape index (κ3) is 7.89. The first-order valence-electron chi connectivity index (χ1n) is 13.8. The SMILES string of the molecule is C#C.CC(C)C1(C(=O)O)CCCC1.CO.C[C@@H](c1ccc(-c2ncn3c(Cl)cnc(N)c23)cc1)c1cccc(C(F)F)c1. The van der Waals surface area contributed by atoms with Gasteiger partial charge in [0.1, 0.15) is 22.8 Å². The molecule has 4 aromatic rings. The third-order valence-corrected chi connectivity index (χ3v) is 8.20. The number of imidazole rings is 1. The Morgan fingerprint density at radius 1 is 1.00 bits per heavy atom. The lowest BCUT2D eigenvalue weighted by atomic mass is 9.76. The molecule has 1 fully saturated rings. The summed E-state index contributed by atoms with van der Waals surface area (Å²) in [5.74, 6) is 0.0123. The van der Waals surface area contributed by atoms with Gasteiger partial charge in [-0.05, 0) is 36.0 Å². The number of nitrogens with zero attached hydrogens (tertiary/aromatic N) is 3. The summed E-state index contributed by atoms with van der Waals surface area (Å²) < 4.78 is 27.6. The maximum absolute atomic E-state index is 13.0. The molecule has 10 heteroatoms. The van der Waals surface area contributed by atoms with Crippen molar-refractivity contribution >= 4 is 28.9 Å². The first-order chi connectivity index (χ1) is 20.5. The average Bonchev–Trinajstić information content (AvgIpc) is 3.71. The van der Waals surface area contributed by atoms with Crippen LogP contribution in [0.15, 0.2) is 61.1 Å². The van der Waals surface area contributed by atoms with Gasteiger partial charge in [-0.1, -0.05) is 87.7 Å². The third-order valence-electron chi connectivity index (χ3n) is 7.92. The molecule has 7 nitrogen and oxygen atoms in total. The number of carboxylic acids is 1. The normalized spacial score (nSPS) is 14.1. The highest BCUT2D eigenvalue weighted by molar-refractivity contribution is 6.29. The number of aromatic nitrogens is 3. The van der Waals surface area contributed by atoms with Gasteiger partial charge < -0.3 is 15.9 Å². The molecule has 1 saturated carbocycles. The largest absolute Gasteiger partial charge is 0.481 e. The number of alkyl halides is 2. The number of aliphatic carboxylic acids is 1. The molecular formula is C33H39ClF2N4O3. The fraction of sp³-hybridized carbons (Fsp3) is 0.364. The second-order valence-corrected chi connectivity index (χ2v) is 10.8. The van der Waals surface area contributed by atoms with Gasteiger partial charge in [0.25, 0.3) is 6.43 Å². The molecule has 0 amide bonds. The molecule has 0 saturated heterocycles. The number of carboxylic acid groups (broad SMARTS) is 1. The zero-order valence-electron chi connectivity index (χ0n) is 24.8. The van der Waals surface area contributed by atoms with E-state index in [1.807, 2.05) is 51.1 Å². The van der Waals surface area contributed by atoms with Gasteiger partial charge in [-0.3, -0.25) is 9.20 Å². The van der Waals surface area contributed by atoms with Crippen molar-refractivity contribution in [3.63, 3.8) is 0 Å². The fourth-order valence-corrected chi connectivity index (χ4v) is 5.52. The molecular weight excluding hydrogens is 574 g/mol. The molecule has 0 aliphatic heterocycles. The van der Waals surface area contributed by atoms with E-state index < -0.39 is 12.4 Å². The Balaban J connectivity index is 0.000000361. The maximum atomic E-state index is 13.0. The van der Waals surface area contributed by atoms with Crippen LogP contribution in [0.2, 0.25) is 5.15 Å². The van der Waals surface area contributed by atoms with E-state index in [0.717, 1.165) is 49.5 Å². The summed E-state index contributed by atoms with van der Waals surface area (Å²) >= 11 is 6.15. The summed E-state index contributed by atoms with van der Waals surface area (Å²) in [4.78, 5) is 19.5. The van der Waals surface area contributed by atoms with E-state index in [1.54, 1.807) is 22.9 Å². The number of anilines is 1. The number of hydrogen-bond donors (Lipinski definition) is 3. The average molecular weight is 613 g/mol. The van der Waals surface area contributed by atoms with Gasteiger partial charge in [-0.25, -0.2) is 18.7 Å². The van der Waals surface area contributed by atoms with Crippen LogP contribution in [0, 0.1) is 24.2 Å². The van der Waals surface area contributed by atoms with Gasteiger partial charge in [0.2, 0.25) is 0 Å². The number of nitrogens with two attached hydrogens (primary N) is 1. The minimum absolute atomic E-state index is 0.0207. The van der Waals surface area contributed by atoms with Crippen molar-refractivity contribution in [2.24, 2.45) is 11.3 Å². The minimum atomic E-state index is -2.48. The maximum Gasteiger partial charge on any atom is 0.309 e. The zero-order chi connectivity index (χ0) is 32.3. The number of aliphatic hydroxyl groups is 1. The lowest BCUT2D eigenvalue weighted by Gasteiger charge is -2.27. The smallest absolute Gasteiger partial charge is 0.309 e. The Morgan fingerprint density at radius 3 is 2.09 bits per heavy atom. The fourth-order valence-electron chi connectivity index (χ4n) is 5.34. The van der Waals surface area contributed by atoms with Crippen LogP contribution in [-0.2, 0) is 4.79 Å². The highest BCUT2D eigenvalue weighted by Gasteiger charge is 2.43. The van der Waals surface area contributed by atoms with Crippen molar-refractivity contribution in [1.82, 2.24) is 14.4 Å². The van der Waals surface area contributed by atoms with Crippen LogP contribution in [0.1, 0.15) is 75.5 Å². The summed E-state index contributed by atoms with van der Waals surface area (Å²) in [7, 11) is 1.00. The number of aliphatic hydroxyl groups excluding tert-OH is 1. The van der Waals surface area contributed by atoms with Crippen LogP contribution in [0.25, 0.3) is 16.8 Å². The molecule has 2 aromatic carbocycles. The Labute approximate surface area is 256 Å². The molecule has 2 aromatic heterocycles. The lowest BCUT2D eigenvalue weighted by Crippen LogP contribution is -2.33. The molecule has 1 aliphatic rings. The summed E-state index contributed by atoms with van der Waals surface area (Å²) in [6.45, 7) is 6.02. The van der Waals surface area contributed by atoms with Crippen LogP contribution in [0.3, 0.4) is 0 Å². The van der Waals surface area contributed by atoms with E-state index in [4.69, 9.17) is 27.5 Å². The lowest BCUT2D eigenvalue weighted by molar-refractivity contribution is -0.151. The van der Waals surface area contributed by atoms with Gasteiger partial charge >= 0.3 is 5.97 Å². The summed E-state index contributed by atoms with van der Waals surface area (Å²) in [5.41, 5.74) is 9.72. The van der Waals surface area contributed by atoms with Crippen molar-refractivity contribution < 1.29 is 23.8 Å². The standard InChI is InChI=1S/C21H17ClF2N4.C9H16O2.C2H2.CH4O/c1-12(15-3-2-4-16(9-15)20(23)24)13-5-7-14(8-6-13)18-19-21(25)26-10-17(22)28(19)11-27-18;1-7(2)9(8(10)11)5-3-4-6-9;2*1-2/h2-12,20H,1H3,(H2,25,26);7H,3-6H2,1-2H3,(H,10,11);1-2H;2H,1H3/t12-;;;/m0.../s1. The number of nitrogen functional groups attached to an aromatic ring is 1. The molecule has 0 radical (unpaired) electrons. The zero-order valence-corrected chi connectivity index (χ0v) is 25.6. The van der Waals surface area contributed by atoms with Crippen molar-refractivity contribution in [3.8, 4) is 24.1 Å². The van der Waals surface area contributed by atoms with Crippen molar-refractivity contribution in [2.75, 3.05) is 12.8 Å². The van der Waals surface area contributed by atoms with Crippen LogP contribution in [-0.4, -0.2) is 37.7 Å². The Bertz CT molecular complexity index is 1500. The predicted octanol–water partition coefficient (Wildman–Crippen LogP) is 7.87. The van der Waals surface area contributed by atoms with Gasteiger partial charge in [-0.15, -0.1) is 12.8 Å². The van der Waals surface area contributed by atoms with Gasteiger partial charge in [0.05, 0.1) is 17.3 Å². The molecule has 2 heterocycles. The van der Waals surface area contributed by atoms with Crippen LogP contribution in [0.4, 0.5) is 14.6 Å². The highest BCUT2D eigenvalue weighted by Crippen LogP contribution is 2.44. The van der Waals surface area contributed by atoms with Crippen LogP contribution in [0.5, 0.6) is 0 Å². The second kappa shape index (κ2) is 16.0. The number of rotatable bonds is 6. The molecule has 1 aliphatic carbocycles. The van der Waals surface area contributed by atoms with E-state index in [2.05, 4.69) is 22.8 Å². The van der Waals surface area contributed by atoms with Gasteiger partial charge in [-0.2, -0.15) is 0 Å². The quantitative estimate of drug-likeness (QED) is 0.191. The summed E-state index contributed by atoms with van der Waals surface area (Å²) in [6.07, 6.45) is 12.5. The number of halogens is 3. The van der Waals surface area contributed by atoms with E-state index in [0.29, 0.717) is 22.2 Å². The van der Waals surface area contributed by atoms with Crippen molar-refractivity contribution in [2.45, 2.75) is 58.8 Å². The number of terminal acetylenes is 1. The van der Waals surface area contributed by atoms with E-state index in [1.165, 1.54) is 12.3 Å². The number of hydrogen-bond acceptors (Lipinski definition) is 5. The minimum Gasteiger partial charge on any atom is -0.481 e. The molecule has 0 bridgehead atoms. The summed E-state index contributed by atoms with van der Waals surface area (Å²) in [5, 5.41) is 16.5. The predicted molar refractivity (Wildman–Crippen MR) is 168 cm³/mol. The van der Waals surface area contributed by atoms with E-state index in [9.17, 15) is 13.6 Å². The molecule has 230 valence electrons. The van der Waals surface area contributed by atoms with E-state index in [-0.39, 0.29) is 22.8 Å². The Kier molecular flexibility index (Phi) is 13.1. The van der Waals surface area contributed by atoms with Gasteiger partial charge in [0, 0.05) is 24.2 Å². The molecule has 5 rings (SSSR count). The molecule has 0 unspecified atom stereocenters. The first-order valence-corrected chi connectivity index (χ1v) is 14.2. The van der Waals surface area contributed by atoms with Crippen molar-refractivity contribution in [1.29, 1.82) is 0 Å². The Morgan fingerprint density at radius 2 is 1.58 bits per heavy atom. The highest BCUT2D eigenvalue weighted by atomic mass is 35.5. The summed E-state index contributed by atoms with van der Waals surface area (Å²) in [6, 6.07) is 14.3. The second-order valence-electron chi connectivity index (χ2n) is 10.4. The Hall–Kier alpha value is -4.00. The number of carbonyl (C=O) groups is 1. The molecule has 43 heavy (non-hydrogen) atoms. The monoisotopic (exact) mass is 612 g/mol. The first kappa shape index (κ1) is 35.2. The van der Waals surface area contributed by atoms with Crippen LogP contribution < -0.4 is 5.73 Å². The topological polar surface area (TPSA) is 114 Å². The molecule has 0 spiro atoms. The molecule has 1 atom stereocenters. The van der Waals surface area contributed by atoms with Crippen LogP contribution >= 0.6 is 11.6 Å². The molecule has 4 N–H and O–H groups in total. The van der Waals surface area contributed by atoms with E-state index >= 15 is 0 Å².